The van der Waals surface area contributed by atoms with Gasteiger partial charge >= 0.3 is 5.69 Å². The number of nitrogens with zero attached hydrogens (tertiary/aromatic N) is 3. The normalized spacial score (nSPS) is 11.0. The van der Waals surface area contributed by atoms with E-state index in [0.717, 1.165) is 0 Å². The first-order valence-electron chi connectivity index (χ1n) is 9.20. The summed E-state index contributed by atoms with van der Waals surface area (Å²) in [6.07, 6.45) is 1.17. The first-order chi connectivity index (χ1) is 14.5. The van der Waals surface area contributed by atoms with Gasteiger partial charge in [-0.1, -0.05) is 11.6 Å². The molecule has 0 bridgehead atoms. The summed E-state index contributed by atoms with van der Waals surface area (Å²) in [5.41, 5.74) is 2.40. The maximum absolute atomic E-state index is 13.1. The minimum atomic E-state index is -0.492. The van der Waals surface area contributed by atoms with Gasteiger partial charge in [0.05, 0.1) is 10.6 Å². The third kappa shape index (κ3) is 4.38. The Morgan fingerprint density at radius 1 is 1.10 bits per heavy atom. The summed E-state index contributed by atoms with van der Waals surface area (Å²) in [5.74, 6) is 0.364. The number of rotatable bonds is 7. The number of hydrogen-bond acceptors (Lipinski definition) is 6. The number of benzene rings is 2. The summed E-state index contributed by atoms with van der Waals surface area (Å²) in [7, 11) is 0. The van der Waals surface area contributed by atoms with E-state index in [-0.39, 0.29) is 17.3 Å². The van der Waals surface area contributed by atoms with Crippen molar-refractivity contribution in [1.29, 1.82) is 0 Å². The lowest BCUT2D eigenvalue weighted by Gasteiger charge is -2.08. The second-order valence-corrected chi connectivity index (χ2v) is 7.01. The van der Waals surface area contributed by atoms with Crippen LogP contribution in [0.2, 0.25) is 5.02 Å². The zero-order valence-electron chi connectivity index (χ0n) is 15.6. The van der Waals surface area contributed by atoms with Crippen molar-refractivity contribution in [3.05, 3.63) is 81.4 Å². The van der Waals surface area contributed by atoms with E-state index in [1.165, 1.54) is 18.2 Å². The molecule has 0 saturated heterocycles. The first-order valence-corrected chi connectivity index (χ1v) is 9.57. The minimum Gasteiger partial charge on any atom is -0.441 e. The highest BCUT2D eigenvalue weighted by molar-refractivity contribution is 6.31. The lowest BCUT2D eigenvalue weighted by atomic mass is 10.1. The molecule has 7 nitrogen and oxygen atoms in total. The summed E-state index contributed by atoms with van der Waals surface area (Å²) < 4.78 is 18.8. The van der Waals surface area contributed by atoms with Gasteiger partial charge < -0.3 is 9.73 Å². The molecule has 0 spiro atoms. The largest absolute Gasteiger partial charge is 0.441 e. The smallest absolute Gasteiger partial charge is 0.311 e. The van der Waals surface area contributed by atoms with Gasteiger partial charge in [0, 0.05) is 29.6 Å². The van der Waals surface area contributed by atoms with E-state index < -0.39 is 4.92 Å². The molecule has 0 amide bonds. The van der Waals surface area contributed by atoms with Crippen LogP contribution in [-0.4, -0.2) is 21.4 Å². The number of hydrogen-bond donors (Lipinski definition) is 1. The lowest BCUT2D eigenvalue weighted by molar-refractivity contribution is -0.384. The number of aryl methyl sites for hydroxylation is 1. The fourth-order valence-electron chi connectivity index (χ4n) is 3.01. The van der Waals surface area contributed by atoms with Crippen LogP contribution in [0, 0.1) is 15.9 Å². The van der Waals surface area contributed by atoms with Crippen LogP contribution in [0.25, 0.3) is 22.4 Å². The van der Waals surface area contributed by atoms with Gasteiger partial charge in [-0.3, -0.25) is 10.1 Å². The molecule has 2 aromatic carbocycles. The summed E-state index contributed by atoms with van der Waals surface area (Å²) in [5, 5.41) is 14.9. The van der Waals surface area contributed by atoms with Gasteiger partial charge in [0.25, 0.3) is 0 Å². The molecule has 30 heavy (non-hydrogen) atoms. The van der Waals surface area contributed by atoms with E-state index >= 15 is 0 Å². The van der Waals surface area contributed by atoms with E-state index in [1.54, 1.807) is 36.4 Å². The Morgan fingerprint density at radius 3 is 2.67 bits per heavy atom. The van der Waals surface area contributed by atoms with Crippen molar-refractivity contribution in [2.75, 3.05) is 11.9 Å². The molecule has 2 heterocycles. The van der Waals surface area contributed by atoms with Crippen LogP contribution >= 0.6 is 11.6 Å². The molecular formula is C21H16ClFN4O3. The van der Waals surface area contributed by atoms with Gasteiger partial charge in [-0.05, 0) is 55.0 Å². The standard InChI is InChI=1S/C21H16ClFN4O3/c22-14-5-10-19-17(12-14)25-20(30-19)2-1-11-24-21-18(27(28)29)9-8-16(26-21)13-3-6-15(23)7-4-13/h3-10,12H,1-2,11H2,(H,24,26). The van der Waals surface area contributed by atoms with Gasteiger partial charge in [0.1, 0.15) is 11.3 Å². The fourth-order valence-corrected chi connectivity index (χ4v) is 3.18. The number of aromatic nitrogens is 2. The molecule has 2 aromatic heterocycles. The van der Waals surface area contributed by atoms with Gasteiger partial charge in [0.2, 0.25) is 5.82 Å². The number of anilines is 1. The van der Waals surface area contributed by atoms with Gasteiger partial charge in [-0.2, -0.15) is 0 Å². The Kier molecular flexibility index (Phi) is 5.58. The van der Waals surface area contributed by atoms with E-state index in [0.29, 0.717) is 52.7 Å². The molecule has 4 aromatic rings. The minimum absolute atomic E-state index is 0.127. The number of pyridine rings is 1. The molecule has 152 valence electrons. The van der Waals surface area contributed by atoms with Crippen molar-refractivity contribution in [3.8, 4) is 11.3 Å². The van der Waals surface area contributed by atoms with Crippen molar-refractivity contribution >= 4 is 34.2 Å². The predicted molar refractivity (Wildman–Crippen MR) is 112 cm³/mol. The van der Waals surface area contributed by atoms with E-state index in [2.05, 4.69) is 15.3 Å². The van der Waals surface area contributed by atoms with Crippen LogP contribution in [0.4, 0.5) is 15.9 Å². The zero-order valence-corrected chi connectivity index (χ0v) is 16.4. The molecule has 0 unspecified atom stereocenters. The Bertz CT molecular complexity index is 1210. The SMILES string of the molecule is O=[N+]([O-])c1ccc(-c2ccc(F)cc2)nc1NCCCc1nc2cc(Cl)ccc2o1. The number of fused-ring (bicyclic) bond motifs is 1. The third-order valence-corrected chi connectivity index (χ3v) is 4.70. The topological polar surface area (TPSA) is 94.1 Å². The van der Waals surface area contributed by atoms with Crippen LogP contribution in [0.3, 0.4) is 0 Å². The van der Waals surface area contributed by atoms with E-state index in [1.807, 2.05) is 0 Å². The molecule has 0 aliphatic carbocycles. The quantitative estimate of drug-likeness (QED) is 0.233. The molecule has 0 saturated carbocycles. The molecule has 0 aliphatic rings. The van der Waals surface area contributed by atoms with Crippen molar-refractivity contribution in [2.24, 2.45) is 0 Å². The average molecular weight is 427 g/mol. The second-order valence-electron chi connectivity index (χ2n) is 6.58. The highest BCUT2D eigenvalue weighted by Gasteiger charge is 2.16. The first kappa shape index (κ1) is 19.8. The van der Waals surface area contributed by atoms with E-state index in [9.17, 15) is 14.5 Å². The molecule has 0 fully saturated rings. The van der Waals surface area contributed by atoms with E-state index in [4.69, 9.17) is 16.0 Å². The highest BCUT2D eigenvalue weighted by Crippen LogP contribution is 2.27. The number of halogens is 2. The van der Waals surface area contributed by atoms with Gasteiger partial charge in [0.15, 0.2) is 11.5 Å². The monoisotopic (exact) mass is 426 g/mol. The number of oxazole rings is 1. The molecular weight excluding hydrogens is 411 g/mol. The van der Waals surface area contributed by atoms with Crippen LogP contribution in [0.1, 0.15) is 12.3 Å². The summed E-state index contributed by atoms with van der Waals surface area (Å²) in [6.45, 7) is 0.431. The Hall–Kier alpha value is -3.52. The second kappa shape index (κ2) is 8.46. The number of nitrogens with one attached hydrogen (secondary N) is 1. The Morgan fingerprint density at radius 2 is 1.90 bits per heavy atom. The molecule has 9 heteroatoms. The van der Waals surface area contributed by atoms with Crippen molar-refractivity contribution in [1.82, 2.24) is 9.97 Å². The molecule has 0 aliphatic heterocycles. The van der Waals surface area contributed by atoms with Gasteiger partial charge in [-0.25, -0.2) is 14.4 Å². The Balaban J connectivity index is 1.45. The van der Waals surface area contributed by atoms with Crippen molar-refractivity contribution in [2.45, 2.75) is 12.8 Å². The predicted octanol–water partition coefficient (Wildman–Crippen LogP) is 5.64. The highest BCUT2D eigenvalue weighted by atomic mass is 35.5. The summed E-state index contributed by atoms with van der Waals surface area (Å²) >= 11 is 5.96. The van der Waals surface area contributed by atoms with Gasteiger partial charge in [-0.15, -0.1) is 0 Å². The van der Waals surface area contributed by atoms with Crippen LogP contribution < -0.4 is 5.32 Å². The maximum Gasteiger partial charge on any atom is 0.311 e. The Labute approximate surface area is 175 Å². The average Bonchev–Trinajstić information content (AvgIpc) is 3.13. The van der Waals surface area contributed by atoms with Crippen molar-refractivity contribution in [3.63, 3.8) is 0 Å². The maximum atomic E-state index is 13.1. The van der Waals surface area contributed by atoms with Crippen LogP contribution in [0.5, 0.6) is 0 Å². The third-order valence-electron chi connectivity index (χ3n) is 4.46. The number of nitro groups is 1. The fraction of sp³-hybridized carbons (Fsp3) is 0.143. The molecule has 1 N–H and O–H groups in total. The summed E-state index contributed by atoms with van der Waals surface area (Å²) in [6, 6.07) is 14.0. The zero-order chi connectivity index (χ0) is 21.1. The lowest BCUT2D eigenvalue weighted by Crippen LogP contribution is -2.08. The summed E-state index contributed by atoms with van der Waals surface area (Å²) in [4.78, 5) is 19.6. The van der Waals surface area contributed by atoms with Crippen LogP contribution in [0.15, 0.2) is 59.0 Å². The molecule has 4 rings (SSSR count). The van der Waals surface area contributed by atoms with Crippen molar-refractivity contribution < 1.29 is 13.7 Å². The molecule has 0 radical (unpaired) electrons. The molecule has 0 atom stereocenters. The van der Waals surface area contributed by atoms with Crippen LogP contribution in [-0.2, 0) is 6.42 Å².